The summed E-state index contributed by atoms with van der Waals surface area (Å²) in [5, 5.41) is 0. The number of hydrogen-bond donors (Lipinski definition) is 0. The molecule has 5 fully saturated rings. The number of ketones is 1. The molecular weight excluding hydrogens is 460 g/mol. The molecule has 6 heteroatoms. The fourth-order valence-corrected chi connectivity index (χ4v) is 9.06. The van der Waals surface area contributed by atoms with Crippen LogP contribution >= 0.6 is 0 Å². The summed E-state index contributed by atoms with van der Waals surface area (Å²) in [4.78, 5) is 36.0. The average molecular weight is 503 g/mol. The number of anilines is 1. The number of nitrogens with zero attached hydrogens (tertiary/aromatic N) is 4. The largest absolute Gasteiger partial charge is 0.342 e. The third kappa shape index (κ3) is 4.14. The SMILES string of the molecule is CC(=O)[C@H]1CCN1c1nc2ccccc2n([C@H]2C[C@H]3CCC[C@@H](C2)N3[C@@H]2C[C@@H]3CCCC[C@@H](C3)C2)c1=O. The Kier molecular flexibility index (Phi) is 6.14. The number of carbonyl (C=O) groups is 1. The molecule has 0 spiro atoms. The predicted octanol–water partition coefficient (Wildman–Crippen LogP) is 5.48. The fraction of sp³-hybridized carbons (Fsp3) is 0.710. The Morgan fingerprint density at radius 3 is 2.16 bits per heavy atom. The molecular formula is C31H42N4O2. The minimum atomic E-state index is -0.203. The van der Waals surface area contributed by atoms with Gasteiger partial charge >= 0.3 is 0 Å². The zero-order valence-electron chi connectivity index (χ0n) is 22.4. The molecule has 2 aliphatic carbocycles. The smallest absolute Gasteiger partial charge is 0.294 e. The van der Waals surface area contributed by atoms with Crippen LogP contribution in [0.3, 0.4) is 0 Å². The first-order chi connectivity index (χ1) is 18.1. The number of aromatic nitrogens is 2. The molecule has 0 amide bonds. The van der Waals surface area contributed by atoms with E-state index < -0.39 is 0 Å². The zero-order valence-corrected chi connectivity index (χ0v) is 22.4. The van der Waals surface area contributed by atoms with Gasteiger partial charge in [-0.2, -0.15) is 0 Å². The first-order valence-corrected chi connectivity index (χ1v) is 15.1. The van der Waals surface area contributed by atoms with Gasteiger partial charge in [-0.3, -0.25) is 14.5 Å². The lowest BCUT2D eigenvalue weighted by Gasteiger charge is -2.54. The molecule has 2 saturated carbocycles. The van der Waals surface area contributed by atoms with E-state index in [-0.39, 0.29) is 23.4 Å². The highest BCUT2D eigenvalue weighted by Crippen LogP contribution is 2.47. The van der Waals surface area contributed by atoms with Gasteiger partial charge in [0, 0.05) is 30.7 Å². The van der Waals surface area contributed by atoms with Gasteiger partial charge in [-0.05, 0) is 82.3 Å². The minimum absolute atomic E-state index is 0.00450. The van der Waals surface area contributed by atoms with E-state index in [0.717, 1.165) is 54.7 Å². The monoisotopic (exact) mass is 502 g/mol. The van der Waals surface area contributed by atoms with Crippen LogP contribution in [-0.2, 0) is 4.79 Å². The second-order valence-electron chi connectivity index (χ2n) is 12.9. The van der Waals surface area contributed by atoms with Gasteiger partial charge in [-0.25, -0.2) is 4.98 Å². The first-order valence-electron chi connectivity index (χ1n) is 15.1. The molecule has 3 saturated heterocycles. The quantitative estimate of drug-likeness (QED) is 0.554. The van der Waals surface area contributed by atoms with Gasteiger partial charge in [0.15, 0.2) is 11.6 Å². The molecule has 0 unspecified atom stereocenters. The number of benzene rings is 1. The third-order valence-corrected chi connectivity index (χ3v) is 10.7. The second kappa shape index (κ2) is 9.52. The molecule has 6 nitrogen and oxygen atoms in total. The van der Waals surface area contributed by atoms with E-state index >= 15 is 0 Å². The molecule has 198 valence electrons. The Morgan fingerprint density at radius 2 is 1.51 bits per heavy atom. The fourth-order valence-electron chi connectivity index (χ4n) is 9.06. The molecule has 3 aliphatic heterocycles. The Bertz CT molecular complexity index is 1210. The van der Waals surface area contributed by atoms with Crippen LogP contribution in [0.5, 0.6) is 0 Å². The Hall–Kier alpha value is -2.21. The van der Waals surface area contributed by atoms with E-state index in [0.29, 0.717) is 17.9 Å². The van der Waals surface area contributed by atoms with E-state index in [2.05, 4.69) is 15.5 Å². The van der Waals surface area contributed by atoms with Gasteiger partial charge < -0.3 is 9.47 Å². The lowest BCUT2D eigenvalue weighted by molar-refractivity contribution is -0.119. The topological polar surface area (TPSA) is 58.4 Å². The summed E-state index contributed by atoms with van der Waals surface area (Å²) in [7, 11) is 0. The van der Waals surface area contributed by atoms with Crippen LogP contribution in [0, 0.1) is 11.8 Å². The normalized spacial score (nSPS) is 36.1. The maximum Gasteiger partial charge on any atom is 0.294 e. The Morgan fingerprint density at radius 1 is 0.811 bits per heavy atom. The third-order valence-electron chi connectivity index (χ3n) is 10.7. The highest BCUT2D eigenvalue weighted by atomic mass is 16.1. The van der Waals surface area contributed by atoms with Crippen LogP contribution in [0.1, 0.15) is 96.4 Å². The number of rotatable bonds is 4. The maximum atomic E-state index is 14.1. The number of Topliss-reactive ketones (excluding diaryl/α,β-unsaturated/α-hetero) is 1. The summed E-state index contributed by atoms with van der Waals surface area (Å²) >= 11 is 0. The van der Waals surface area contributed by atoms with Gasteiger partial charge in [-0.15, -0.1) is 0 Å². The van der Waals surface area contributed by atoms with Gasteiger partial charge in [0.2, 0.25) is 0 Å². The summed E-state index contributed by atoms with van der Waals surface area (Å²) < 4.78 is 2.09. The van der Waals surface area contributed by atoms with E-state index in [9.17, 15) is 9.59 Å². The molecule has 7 rings (SSSR count). The van der Waals surface area contributed by atoms with Crippen molar-refractivity contribution in [3.05, 3.63) is 34.6 Å². The van der Waals surface area contributed by atoms with E-state index in [4.69, 9.17) is 4.98 Å². The predicted molar refractivity (Wildman–Crippen MR) is 147 cm³/mol. The van der Waals surface area contributed by atoms with E-state index in [1.165, 1.54) is 64.2 Å². The van der Waals surface area contributed by atoms with Crippen molar-refractivity contribution in [1.29, 1.82) is 0 Å². The van der Waals surface area contributed by atoms with Crippen molar-refractivity contribution in [3.63, 3.8) is 0 Å². The molecule has 1 aromatic carbocycles. The van der Waals surface area contributed by atoms with Gasteiger partial charge in [-0.1, -0.05) is 44.2 Å². The lowest BCUT2D eigenvalue weighted by atomic mass is 9.73. The molecule has 0 N–H and O–H groups in total. The molecule has 0 radical (unpaired) electrons. The lowest BCUT2D eigenvalue weighted by Crippen LogP contribution is -2.59. The summed E-state index contributed by atoms with van der Waals surface area (Å²) in [5.41, 5.74) is 1.83. The molecule has 4 heterocycles. The number of hydrogen-bond acceptors (Lipinski definition) is 5. The molecule has 5 aliphatic rings. The molecule has 1 aromatic heterocycles. The molecule has 37 heavy (non-hydrogen) atoms. The number of piperidine rings is 2. The Balaban J connectivity index is 1.22. The standard InChI is InChI=1S/C31H42N4O2/c1-20(36)28-13-14-33(28)30-31(37)35(29-12-5-4-11-27(29)32-30)26-18-23-9-6-10-24(19-26)34(23)25-16-21-7-2-3-8-22(15-21)17-25/h4-5,11-12,21-26,28H,2-3,6-10,13-19H2,1H3/t21-,22+,23-,24+,25-,26+,28-/m1/s1. The van der Waals surface area contributed by atoms with Gasteiger partial charge in [0.25, 0.3) is 5.56 Å². The van der Waals surface area contributed by atoms with Crippen molar-refractivity contribution in [1.82, 2.24) is 14.5 Å². The molecule has 4 bridgehead atoms. The van der Waals surface area contributed by atoms with Crippen LogP contribution in [-0.4, -0.2) is 50.9 Å². The Labute approximate surface area is 220 Å². The van der Waals surface area contributed by atoms with Crippen LogP contribution in [0.15, 0.2) is 29.1 Å². The summed E-state index contributed by atoms with van der Waals surface area (Å²) in [5.74, 6) is 2.48. The van der Waals surface area contributed by atoms with Crippen LogP contribution in [0.2, 0.25) is 0 Å². The molecule has 2 aromatic rings. The van der Waals surface area contributed by atoms with Crippen molar-refractivity contribution in [2.75, 3.05) is 11.4 Å². The molecule has 7 atom stereocenters. The van der Waals surface area contributed by atoms with Crippen molar-refractivity contribution in [2.24, 2.45) is 11.8 Å². The van der Waals surface area contributed by atoms with Crippen LogP contribution in [0.25, 0.3) is 11.0 Å². The number of fused-ring (bicyclic) bond motifs is 5. The summed E-state index contributed by atoms with van der Waals surface area (Å²) in [6, 6.07) is 10.0. The number of para-hydroxylation sites is 2. The average Bonchev–Trinajstić information content (AvgIpc) is 3.02. The first kappa shape index (κ1) is 23.9. The summed E-state index contributed by atoms with van der Waals surface area (Å²) in [6.07, 6.45) is 16.8. The minimum Gasteiger partial charge on any atom is -0.342 e. The van der Waals surface area contributed by atoms with Crippen LogP contribution in [0.4, 0.5) is 5.82 Å². The van der Waals surface area contributed by atoms with Crippen molar-refractivity contribution < 1.29 is 4.79 Å². The summed E-state index contributed by atoms with van der Waals surface area (Å²) in [6.45, 7) is 2.37. The van der Waals surface area contributed by atoms with Crippen molar-refractivity contribution in [3.8, 4) is 0 Å². The van der Waals surface area contributed by atoms with E-state index in [1.54, 1.807) is 6.92 Å². The highest BCUT2D eigenvalue weighted by Gasteiger charge is 2.45. The van der Waals surface area contributed by atoms with Gasteiger partial charge in [0.1, 0.15) is 0 Å². The van der Waals surface area contributed by atoms with Gasteiger partial charge in [0.05, 0.1) is 17.1 Å². The highest BCUT2D eigenvalue weighted by molar-refractivity contribution is 5.87. The van der Waals surface area contributed by atoms with Crippen LogP contribution < -0.4 is 10.5 Å². The zero-order chi connectivity index (χ0) is 25.1. The van der Waals surface area contributed by atoms with E-state index in [1.807, 2.05) is 23.1 Å². The van der Waals surface area contributed by atoms with Crippen molar-refractivity contribution in [2.45, 2.75) is 121 Å². The maximum absolute atomic E-state index is 14.1. The number of carbonyl (C=O) groups excluding carboxylic acids is 1. The van der Waals surface area contributed by atoms with Crippen molar-refractivity contribution >= 4 is 22.6 Å². The second-order valence-corrected chi connectivity index (χ2v) is 12.9.